The zero-order valence-electron chi connectivity index (χ0n) is 11.6. The third-order valence-electron chi connectivity index (χ3n) is 3.09. The summed E-state index contributed by atoms with van der Waals surface area (Å²) in [7, 11) is 0. The number of carbonyl (C=O) groups is 1. The van der Waals surface area contributed by atoms with E-state index >= 15 is 0 Å². The van der Waals surface area contributed by atoms with Gasteiger partial charge in [0.2, 0.25) is 0 Å². The van der Waals surface area contributed by atoms with Gasteiger partial charge in [0.1, 0.15) is 6.61 Å². The molecule has 22 heavy (non-hydrogen) atoms. The Balaban J connectivity index is 2.05. The molecule has 0 heterocycles. The van der Waals surface area contributed by atoms with E-state index in [1.165, 1.54) is 0 Å². The van der Waals surface area contributed by atoms with Crippen molar-refractivity contribution in [3.05, 3.63) is 65.4 Å². The molecular weight excluding hydrogens is 544 g/mol. The van der Waals surface area contributed by atoms with E-state index in [0.29, 0.717) is 5.56 Å². The second kappa shape index (κ2) is 8.20. The van der Waals surface area contributed by atoms with Crippen LogP contribution in [0, 0.1) is 0 Å². The molecule has 0 aromatic heterocycles. The lowest BCUT2D eigenvalue weighted by Gasteiger charge is -2.15. The summed E-state index contributed by atoms with van der Waals surface area (Å²) in [4.78, 5) is 12.3. The molecule has 1 unspecified atom stereocenters. The number of ketones is 1. The van der Waals surface area contributed by atoms with Crippen molar-refractivity contribution in [1.82, 2.24) is 0 Å². The zero-order chi connectivity index (χ0) is 16.3. The molecule has 0 saturated heterocycles. The Kier molecular flexibility index (Phi) is 6.83. The van der Waals surface area contributed by atoms with Crippen molar-refractivity contribution in [2.24, 2.45) is 0 Å². The smallest absolute Gasteiger partial charge is 0.189 e. The van der Waals surface area contributed by atoms with Crippen molar-refractivity contribution in [3.8, 4) is 0 Å². The fourth-order valence-electron chi connectivity index (χ4n) is 1.91. The highest BCUT2D eigenvalue weighted by atomic mass is 79.9. The van der Waals surface area contributed by atoms with Crippen LogP contribution in [0.5, 0.6) is 0 Å². The Hall–Kier alpha value is -0.0100. The monoisotopic (exact) mass is 552 g/mol. The summed E-state index contributed by atoms with van der Waals surface area (Å²) in [6.07, 6.45) is -0.183. The molecule has 0 bridgehead atoms. The summed E-state index contributed by atoms with van der Waals surface area (Å²) in [6.45, 7) is 1.95. The first kappa shape index (κ1) is 18.3. The highest BCUT2D eigenvalue weighted by molar-refractivity contribution is 9.11. The van der Waals surface area contributed by atoms with Crippen molar-refractivity contribution in [2.75, 3.05) is 6.61 Å². The summed E-state index contributed by atoms with van der Waals surface area (Å²) in [5.74, 6) is -0.0618. The quantitative estimate of drug-likeness (QED) is 0.384. The van der Waals surface area contributed by atoms with Crippen LogP contribution >= 0.6 is 63.7 Å². The van der Waals surface area contributed by atoms with Crippen LogP contribution in [0.3, 0.4) is 0 Å². The molecular formula is C16H12Br4O2. The van der Waals surface area contributed by atoms with E-state index in [9.17, 15) is 4.79 Å². The van der Waals surface area contributed by atoms with E-state index in [-0.39, 0.29) is 18.5 Å². The summed E-state index contributed by atoms with van der Waals surface area (Å²) < 4.78 is 9.30. The molecule has 6 heteroatoms. The molecule has 2 rings (SSSR count). The molecule has 0 fully saturated rings. The summed E-state index contributed by atoms with van der Waals surface area (Å²) in [6, 6.07) is 11.4. The largest absolute Gasteiger partial charge is 0.366 e. The van der Waals surface area contributed by atoms with Crippen LogP contribution in [-0.4, -0.2) is 12.4 Å². The van der Waals surface area contributed by atoms with Crippen LogP contribution < -0.4 is 0 Å². The van der Waals surface area contributed by atoms with Gasteiger partial charge < -0.3 is 4.74 Å². The van der Waals surface area contributed by atoms with Crippen molar-refractivity contribution in [2.45, 2.75) is 13.0 Å². The molecule has 0 amide bonds. The highest BCUT2D eigenvalue weighted by Crippen LogP contribution is 2.29. The Bertz CT molecular complexity index is 701. The minimum Gasteiger partial charge on any atom is -0.366 e. The van der Waals surface area contributed by atoms with E-state index in [1.54, 1.807) is 6.07 Å². The van der Waals surface area contributed by atoms with Crippen LogP contribution in [0.1, 0.15) is 28.9 Å². The van der Waals surface area contributed by atoms with Crippen molar-refractivity contribution < 1.29 is 9.53 Å². The van der Waals surface area contributed by atoms with Crippen LogP contribution in [0.25, 0.3) is 0 Å². The minimum absolute atomic E-state index is 0.0265. The van der Waals surface area contributed by atoms with Crippen LogP contribution in [0.2, 0.25) is 0 Å². The predicted octanol–water partition coefficient (Wildman–Crippen LogP) is 6.70. The average molecular weight is 556 g/mol. The maximum Gasteiger partial charge on any atom is 0.189 e. The van der Waals surface area contributed by atoms with Gasteiger partial charge in [-0.05, 0) is 42.8 Å². The predicted molar refractivity (Wildman–Crippen MR) is 102 cm³/mol. The standard InChI is InChI=1S/C16H12Br4O2/c1-9(12-4-2-11(18)7-15(12)20)22-8-16(21)13-6-10(17)3-5-14(13)19/h2-7,9H,8H2,1H3. The number of carbonyl (C=O) groups excluding carboxylic acids is 1. The minimum atomic E-state index is -0.183. The van der Waals surface area contributed by atoms with Crippen LogP contribution in [-0.2, 0) is 4.74 Å². The first-order chi connectivity index (χ1) is 10.4. The molecule has 0 radical (unpaired) electrons. The summed E-state index contributed by atoms with van der Waals surface area (Å²) >= 11 is 13.7. The molecule has 0 N–H and O–H groups in total. The molecule has 2 aromatic carbocycles. The number of hydrogen-bond acceptors (Lipinski definition) is 2. The second-order valence-electron chi connectivity index (χ2n) is 4.67. The fourth-order valence-corrected chi connectivity index (χ4v) is 4.11. The molecule has 0 aliphatic carbocycles. The molecule has 2 nitrogen and oxygen atoms in total. The molecule has 2 aromatic rings. The molecule has 0 saturated carbocycles. The lowest BCUT2D eigenvalue weighted by atomic mass is 10.1. The second-order valence-corrected chi connectivity index (χ2v) is 8.21. The molecule has 0 spiro atoms. The van der Waals surface area contributed by atoms with Gasteiger partial charge in [-0.2, -0.15) is 0 Å². The van der Waals surface area contributed by atoms with Gasteiger partial charge in [-0.3, -0.25) is 4.79 Å². The Labute approximate surface area is 163 Å². The van der Waals surface area contributed by atoms with E-state index in [1.807, 2.05) is 37.3 Å². The normalized spacial score (nSPS) is 12.2. The van der Waals surface area contributed by atoms with Gasteiger partial charge in [0.25, 0.3) is 0 Å². The number of benzene rings is 2. The van der Waals surface area contributed by atoms with Crippen molar-refractivity contribution >= 4 is 69.5 Å². The molecule has 1 atom stereocenters. The Morgan fingerprint density at radius 3 is 2.32 bits per heavy atom. The number of rotatable bonds is 5. The maximum atomic E-state index is 12.3. The third kappa shape index (κ3) is 4.74. The third-order valence-corrected chi connectivity index (χ3v) is 5.46. The van der Waals surface area contributed by atoms with Gasteiger partial charge in [0, 0.05) is 23.5 Å². The van der Waals surface area contributed by atoms with Crippen LogP contribution in [0.15, 0.2) is 54.3 Å². The number of Topliss-reactive ketones (excluding diaryl/α,β-unsaturated/α-hetero) is 1. The van der Waals surface area contributed by atoms with Gasteiger partial charge in [0.05, 0.1) is 6.10 Å². The summed E-state index contributed by atoms with van der Waals surface area (Å²) in [5, 5.41) is 0. The van der Waals surface area contributed by atoms with Crippen molar-refractivity contribution in [3.63, 3.8) is 0 Å². The molecule has 0 aliphatic heterocycles. The first-order valence-electron chi connectivity index (χ1n) is 6.43. The van der Waals surface area contributed by atoms with E-state index in [4.69, 9.17) is 4.74 Å². The summed E-state index contributed by atoms with van der Waals surface area (Å²) in [5.41, 5.74) is 1.61. The van der Waals surface area contributed by atoms with Gasteiger partial charge in [-0.15, -0.1) is 0 Å². The van der Waals surface area contributed by atoms with Gasteiger partial charge in [-0.25, -0.2) is 0 Å². The highest BCUT2D eigenvalue weighted by Gasteiger charge is 2.15. The molecule has 0 aliphatic rings. The fraction of sp³-hybridized carbons (Fsp3) is 0.188. The van der Waals surface area contributed by atoms with Gasteiger partial charge in [0.15, 0.2) is 5.78 Å². The maximum absolute atomic E-state index is 12.3. The lowest BCUT2D eigenvalue weighted by molar-refractivity contribution is 0.0518. The van der Waals surface area contributed by atoms with Crippen molar-refractivity contribution in [1.29, 1.82) is 0 Å². The topological polar surface area (TPSA) is 26.3 Å². The first-order valence-corrected chi connectivity index (χ1v) is 9.60. The number of halogens is 4. The number of ether oxygens (including phenoxy) is 1. The van der Waals surface area contributed by atoms with E-state index in [0.717, 1.165) is 23.5 Å². The van der Waals surface area contributed by atoms with Gasteiger partial charge in [-0.1, -0.05) is 69.8 Å². The average Bonchev–Trinajstić information content (AvgIpc) is 2.47. The number of hydrogen-bond donors (Lipinski definition) is 0. The molecule has 116 valence electrons. The Morgan fingerprint density at radius 2 is 1.64 bits per heavy atom. The lowest BCUT2D eigenvalue weighted by Crippen LogP contribution is -2.12. The zero-order valence-corrected chi connectivity index (χ0v) is 17.9. The van der Waals surface area contributed by atoms with Gasteiger partial charge >= 0.3 is 0 Å². The van der Waals surface area contributed by atoms with E-state index in [2.05, 4.69) is 63.7 Å². The SMILES string of the molecule is CC(OCC(=O)c1cc(Br)ccc1Br)c1ccc(Br)cc1Br. The van der Waals surface area contributed by atoms with Crippen LogP contribution in [0.4, 0.5) is 0 Å². The van der Waals surface area contributed by atoms with E-state index < -0.39 is 0 Å². The Morgan fingerprint density at radius 1 is 1.00 bits per heavy atom.